The molecule has 4 rings (SSSR count). The first-order chi connectivity index (χ1) is 10.7. The molecule has 2 unspecified atom stereocenters. The molecule has 2 aliphatic rings. The second kappa shape index (κ2) is 5.25. The van der Waals surface area contributed by atoms with E-state index in [4.69, 9.17) is 0 Å². The predicted octanol–water partition coefficient (Wildman–Crippen LogP) is 1.85. The molecule has 1 aromatic heterocycles. The SMILES string of the molecule is CN1CC2CN(c3cnc(-c4ccccc4O)nc3)CC2C1. The van der Waals surface area contributed by atoms with Crippen LogP contribution in [0.15, 0.2) is 36.7 Å². The predicted molar refractivity (Wildman–Crippen MR) is 85.8 cm³/mol. The van der Waals surface area contributed by atoms with Gasteiger partial charge in [0.1, 0.15) is 5.75 Å². The molecule has 2 aliphatic heterocycles. The van der Waals surface area contributed by atoms with Crippen LogP contribution < -0.4 is 4.90 Å². The van der Waals surface area contributed by atoms with E-state index >= 15 is 0 Å². The van der Waals surface area contributed by atoms with Gasteiger partial charge >= 0.3 is 0 Å². The number of benzene rings is 1. The Kier molecular flexibility index (Phi) is 3.22. The molecule has 3 heterocycles. The first-order valence-electron chi connectivity index (χ1n) is 7.74. The van der Waals surface area contributed by atoms with Gasteiger partial charge < -0.3 is 14.9 Å². The van der Waals surface area contributed by atoms with Gasteiger partial charge in [0.15, 0.2) is 5.82 Å². The third-order valence-corrected chi connectivity index (χ3v) is 4.82. The van der Waals surface area contributed by atoms with Crippen LogP contribution in [-0.2, 0) is 0 Å². The summed E-state index contributed by atoms with van der Waals surface area (Å²) in [5.41, 5.74) is 1.75. The number of fused-ring (bicyclic) bond motifs is 1. The normalized spacial score (nSPS) is 24.7. The fraction of sp³-hybridized carbons (Fsp3) is 0.412. The lowest BCUT2D eigenvalue weighted by Crippen LogP contribution is -2.26. The van der Waals surface area contributed by atoms with E-state index in [-0.39, 0.29) is 5.75 Å². The molecular formula is C17H20N4O. The Hall–Kier alpha value is -2.14. The third kappa shape index (κ3) is 2.31. The van der Waals surface area contributed by atoms with Crippen LogP contribution in [0.3, 0.4) is 0 Å². The van der Waals surface area contributed by atoms with E-state index in [0.29, 0.717) is 11.4 Å². The number of phenols is 1. The van der Waals surface area contributed by atoms with E-state index in [1.807, 2.05) is 24.5 Å². The minimum atomic E-state index is 0.217. The van der Waals surface area contributed by atoms with Crippen molar-refractivity contribution >= 4 is 5.69 Å². The van der Waals surface area contributed by atoms with Gasteiger partial charge in [-0.05, 0) is 31.0 Å². The number of aromatic hydroxyl groups is 1. The summed E-state index contributed by atoms with van der Waals surface area (Å²) in [6.45, 7) is 4.57. The van der Waals surface area contributed by atoms with Gasteiger partial charge in [-0.1, -0.05) is 12.1 Å². The van der Waals surface area contributed by atoms with Gasteiger partial charge in [-0.2, -0.15) is 0 Å². The molecule has 2 aromatic rings. The number of rotatable bonds is 2. The van der Waals surface area contributed by atoms with E-state index in [1.54, 1.807) is 12.1 Å². The van der Waals surface area contributed by atoms with E-state index in [0.717, 1.165) is 30.6 Å². The van der Waals surface area contributed by atoms with Crippen LogP contribution in [-0.4, -0.2) is 53.2 Å². The lowest BCUT2D eigenvalue weighted by Gasteiger charge is -2.20. The Balaban J connectivity index is 1.53. The highest BCUT2D eigenvalue weighted by Gasteiger charge is 2.38. The molecule has 114 valence electrons. The second-order valence-corrected chi connectivity index (χ2v) is 6.43. The summed E-state index contributed by atoms with van der Waals surface area (Å²) in [4.78, 5) is 13.7. The van der Waals surface area contributed by atoms with Gasteiger partial charge in [-0.3, -0.25) is 0 Å². The van der Waals surface area contributed by atoms with Gasteiger partial charge in [0.25, 0.3) is 0 Å². The van der Waals surface area contributed by atoms with Crippen molar-refractivity contribution in [2.45, 2.75) is 0 Å². The molecule has 1 aromatic carbocycles. The Morgan fingerprint density at radius 1 is 1.00 bits per heavy atom. The third-order valence-electron chi connectivity index (χ3n) is 4.82. The fourth-order valence-corrected chi connectivity index (χ4v) is 3.72. The van der Waals surface area contributed by atoms with Crippen LogP contribution in [0.1, 0.15) is 0 Å². The van der Waals surface area contributed by atoms with Gasteiger partial charge in [-0.15, -0.1) is 0 Å². The highest BCUT2D eigenvalue weighted by atomic mass is 16.3. The molecule has 0 saturated carbocycles. The topological polar surface area (TPSA) is 52.5 Å². The zero-order valence-electron chi connectivity index (χ0n) is 12.7. The van der Waals surface area contributed by atoms with E-state index in [2.05, 4.69) is 26.8 Å². The summed E-state index contributed by atoms with van der Waals surface area (Å²) in [7, 11) is 2.20. The maximum Gasteiger partial charge on any atom is 0.163 e. The number of hydrogen-bond donors (Lipinski definition) is 1. The quantitative estimate of drug-likeness (QED) is 0.916. The maximum absolute atomic E-state index is 9.88. The van der Waals surface area contributed by atoms with Gasteiger partial charge in [0.2, 0.25) is 0 Å². The first-order valence-corrected chi connectivity index (χ1v) is 7.74. The Morgan fingerprint density at radius 2 is 1.64 bits per heavy atom. The standard InChI is InChI=1S/C17H20N4O/c1-20-8-12-10-21(11-13(12)9-20)14-6-18-17(19-7-14)15-4-2-3-5-16(15)22/h2-7,12-13,22H,8-11H2,1H3. The summed E-state index contributed by atoms with van der Waals surface area (Å²) < 4.78 is 0. The lowest BCUT2D eigenvalue weighted by atomic mass is 10.0. The summed E-state index contributed by atoms with van der Waals surface area (Å²) in [5, 5.41) is 9.88. The average molecular weight is 296 g/mol. The van der Waals surface area contributed by atoms with Crippen LogP contribution in [0.2, 0.25) is 0 Å². The first kappa shape index (κ1) is 13.5. The molecule has 0 aliphatic carbocycles. The fourth-order valence-electron chi connectivity index (χ4n) is 3.72. The van der Waals surface area contributed by atoms with Crippen molar-refractivity contribution < 1.29 is 5.11 Å². The van der Waals surface area contributed by atoms with Crippen LogP contribution in [0.25, 0.3) is 11.4 Å². The maximum atomic E-state index is 9.88. The Morgan fingerprint density at radius 3 is 2.27 bits per heavy atom. The van der Waals surface area contributed by atoms with Crippen molar-refractivity contribution in [2.75, 3.05) is 38.1 Å². The minimum Gasteiger partial charge on any atom is -0.507 e. The van der Waals surface area contributed by atoms with Crippen molar-refractivity contribution in [1.82, 2.24) is 14.9 Å². The number of likely N-dealkylation sites (tertiary alicyclic amines) is 1. The molecule has 0 spiro atoms. The van der Waals surface area contributed by atoms with Gasteiger partial charge in [0.05, 0.1) is 23.6 Å². The molecule has 22 heavy (non-hydrogen) atoms. The summed E-state index contributed by atoms with van der Waals surface area (Å²) in [6, 6.07) is 7.17. The second-order valence-electron chi connectivity index (χ2n) is 6.43. The van der Waals surface area contributed by atoms with E-state index in [1.165, 1.54) is 13.1 Å². The van der Waals surface area contributed by atoms with Crippen LogP contribution in [0, 0.1) is 11.8 Å². The van der Waals surface area contributed by atoms with Crippen LogP contribution in [0.4, 0.5) is 5.69 Å². The number of hydrogen-bond acceptors (Lipinski definition) is 5. The van der Waals surface area contributed by atoms with Crippen molar-refractivity contribution in [2.24, 2.45) is 11.8 Å². The molecule has 1 N–H and O–H groups in total. The van der Waals surface area contributed by atoms with Crippen molar-refractivity contribution in [3.8, 4) is 17.1 Å². The number of nitrogens with zero attached hydrogens (tertiary/aromatic N) is 4. The molecule has 2 saturated heterocycles. The largest absolute Gasteiger partial charge is 0.507 e. The summed E-state index contributed by atoms with van der Waals surface area (Å²) in [6.07, 6.45) is 3.75. The lowest BCUT2D eigenvalue weighted by molar-refractivity contribution is 0.387. The minimum absolute atomic E-state index is 0.217. The molecule has 0 amide bonds. The van der Waals surface area contributed by atoms with Crippen LogP contribution in [0.5, 0.6) is 5.75 Å². The highest BCUT2D eigenvalue weighted by molar-refractivity contribution is 5.64. The zero-order chi connectivity index (χ0) is 15.1. The zero-order valence-corrected chi connectivity index (χ0v) is 12.7. The molecule has 5 nitrogen and oxygen atoms in total. The smallest absolute Gasteiger partial charge is 0.163 e. The summed E-state index contributed by atoms with van der Waals surface area (Å²) >= 11 is 0. The van der Waals surface area contributed by atoms with Crippen molar-refractivity contribution in [1.29, 1.82) is 0 Å². The van der Waals surface area contributed by atoms with Gasteiger partial charge in [-0.25, -0.2) is 9.97 Å². The Bertz CT molecular complexity index is 659. The number of phenolic OH excluding ortho intramolecular Hbond substituents is 1. The van der Waals surface area contributed by atoms with E-state index < -0.39 is 0 Å². The molecule has 5 heteroatoms. The molecule has 0 radical (unpaired) electrons. The van der Waals surface area contributed by atoms with Gasteiger partial charge in [0, 0.05) is 26.2 Å². The van der Waals surface area contributed by atoms with Crippen molar-refractivity contribution in [3.63, 3.8) is 0 Å². The monoisotopic (exact) mass is 296 g/mol. The average Bonchev–Trinajstić information content (AvgIpc) is 3.05. The highest BCUT2D eigenvalue weighted by Crippen LogP contribution is 2.33. The summed E-state index contributed by atoms with van der Waals surface area (Å²) in [5.74, 6) is 2.32. The Labute approximate surface area is 130 Å². The molecular weight excluding hydrogens is 276 g/mol. The number of para-hydroxylation sites is 1. The van der Waals surface area contributed by atoms with Crippen LogP contribution >= 0.6 is 0 Å². The molecule has 2 atom stereocenters. The molecule has 0 bridgehead atoms. The number of anilines is 1. The van der Waals surface area contributed by atoms with Crippen molar-refractivity contribution in [3.05, 3.63) is 36.7 Å². The molecule has 2 fully saturated rings. The van der Waals surface area contributed by atoms with E-state index in [9.17, 15) is 5.11 Å². The number of aromatic nitrogens is 2.